The average Bonchev–Trinajstić information content (AvgIpc) is 2.74. The molecule has 0 radical (unpaired) electrons. The van der Waals surface area contributed by atoms with E-state index < -0.39 is 0 Å². The summed E-state index contributed by atoms with van der Waals surface area (Å²) < 4.78 is 11.8. The zero-order chi connectivity index (χ0) is 23.3. The van der Waals surface area contributed by atoms with E-state index in [0.717, 1.165) is 22.6 Å². The maximum absolute atomic E-state index is 12.9. The van der Waals surface area contributed by atoms with Crippen molar-refractivity contribution in [1.29, 1.82) is 0 Å². The molecule has 5 heteroatoms. The van der Waals surface area contributed by atoms with Crippen molar-refractivity contribution in [3.8, 4) is 11.5 Å². The molecule has 168 valence electrons. The molecule has 0 heterocycles. The fourth-order valence-corrected chi connectivity index (χ4v) is 3.53. The van der Waals surface area contributed by atoms with E-state index in [1.165, 1.54) is 5.56 Å². The van der Waals surface area contributed by atoms with Crippen LogP contribution in [0.2, 0.25) is 5.02 Å². The highest BCUT2D eigenvalue weighted by Gasteiger charge is 2.15. The van der Waals surface area contributed by atoms with Crippen molar-refractivity contribution in [3.05, 3.63) is 87.9 Å². The largest absolute Gasteiger partial charge is 0.493 e. The monoisotopic (exact) mass is 451 g/mol. The first-order valence-electron chi connectivity index (χ1n) is 10.7. The van der Waals surface area contributed by atoms with Crippen LogP contribution in [0.15, 0.2) is 60.7 Å². The van der Waals surface area contributed by atoms with Gasteiger partial charge in [-0.25, -0.2) is 0 Å². The molecule has 1 amide bonds. The summed E-state index contributed by atoms with van der Waals surface area (Å²) in [5.74, 6) is 1.28. The number of anilines is 1. The molecule has 1 N–H and O–H groups in total. The van der Waals surface area contributed by atoms with Crippen molar-refractivity contribution in [3.63, 3.8) is 0 Å². The van der Waals surface area contributed by atoms with Crippen LogP contribution in [0.25, 0.3) is 0 Å². The van der Waals surface area contributed by atoms with Gasteiger partial charge in [0.05, 0.1) is 6.61 Å². The van der Waals surface area contributed by atoms with E-state index in [2.05, 4.69) is 38.2 Å². The van der Waals surface area contributed by atoms with Gasteiger partial charge in [-0.1, -0.05) is 44.5 Å². The number of carbonyl (C=O) groups excluding carboxylic acids is 1. The first-order chi connectivity index (χ1) is 15.2. The van der Waals surface area contributed by atoms with Crippen LogP contribution in [0.4, 0.5) is 5.69 Å². The van der Waals surface area contributed by atoms with Gasteiger partial charge in [-0.15, -0.1) is 0 Å². The molecule has 0 fully saturated rings. The summed E-state index contributed by atoms with van der Waals surface area (Å²) in [5, 5.41) is 3.58. The van der Waals surface area contributed by atoms with Crippen LogP contribution in [0.3, 0.4) is 0 Å². The number of halogens is 1. The lowest BCUT2D eigenvalue weighted by molar-refractivity contribution is 0.102. The summed E-state index contributed by atoms with van der Waals surface area (Å²) in [4.78, 5) is 12.9. The van der Waals surface area contributed by atoms with Crippen LogP contribution in [-0.4, -0.2) is 12.5 Å². The fourth-order valence-electron chi connectivity index (χ4n) is 3.30. The van der Waals surface area contributed by atoms with E-state index in [-0.39, 0.29) is 11.3 Å². The molecule has 3 aromatic rings. The molecule has 0 aliphatic carbocycles. The van der Waals surface area contributed by atoms with Crippen LogP contribution >= 0.6 is 11.6 Å². The summed E-state index contributed by atoms with van der Waals surface area (Å²) >= 11 is 6.01. The Hall–Kier alpha value is -2.98. The lowest BCUT2D eigenvalue weighted by atomic mass is 9.87. The second-order valence-electron chi connectivity index (χ2n) is 8.73. The number of rotatable bonds is 7. The number of carbonyl (C=O) groups is 1. The normalized spacial score (nSPS) is 11.2. The molecule has 0 unspecified atom stereocenters. The van der Waals surface area contributed by atoms with E-state index in [1.807, 2.05) is 44.2 Å². The van der Waals surface area contributed by atoms with Gasteiger partial charge in [-0.3, -0.25) is 4.79 Å². The van der Waals surface area contributed by atoms with Crippen molar-refractivity contribution >= 4 is 23.2 Å². The second-order valence-corrected chi connectivity index (χ2v) is 9.17. The predicted octanol–water partition coefficient (Wildman–Crippen LogP) is 7.18. The van der Waals surface area contributed by atoms with Gasteiger partial charge in [0.1, 0.15) is 18.1 Å². The minimum Gasteiger partial charge on any atom is -0.493 e. The van der Waals surface area contributed by atoms with E-state index >= 15 is 0 Å². The zero-order valence-corrected chi connectivity index (χ0v) is 20.0. The van der Waals surface area contributed by atoms with E-state index in [4.69, 9.17) is 21.1 Å². The Balaban J connectivity index is 1.77. The molecule has 3 aromatic carbocycles. The molecule has 0 saturated heterocycles. The summed E-state index contributed by atoms with van der Waals surface area (Å²) in [5.41, 5.74) is 4.31. The van der Waals surface area contributed by atoms with Gasteiger partial charge < -0.3 is 14.8 Å². The molecule has 0 spiro atoms. The molecule has 0 aliphatic heterocycles. The number of hydrogen-bond donors (Lipinski definition) is 1. The Morgan fingerprint density at radius 2 is 1.69 bits per heavy atom. The Morgan fingerprint density at radius 1 is 0.969 bits per heavy atom. The molecular formula is C27H30ClNO3. The van der Waals surface area contributed by atoms with E-state index in [1.54, 1.807) is 18.2 Å². The highest BCUT2D eigenvalue weighted by atomic mass is 35.5. The van der Waals surface area contributed by atoms with Gasteiger partial charge in [0, 0.05) is 21.8 Å². The highest BCUT2D eigenvalue weighted by molar-refractivity contribution is 6.30. The van der Waals surface area contributed by atoms with Gasteiger partial charge in [0.2, 0.25) is 0 Å². The standard InChI is InChI=1S/C27H30ClNO3/c1-6-31-25-14-7-19(26(30)29-24-13-10-22(28)15-18(24)2)16-20(25)17-32-23-11-8-21(9-12-23)27(3,4)5/h7-16H,6,17H2,1-5H3,(H,29,30). The molecule has 0 saturated carbocycles. The lowest BCUT2D eigenvalue weighted by Crippen LogP contribution is -2.14. The van der Waals surface area contributed by atoms with E-state index in [0.29, 0.717) is 29.5 Å². The Kier molecular flexibility index (Phi) is 7.47. The average molecular weight is 452 g/mol. The summed E-state index contributed by atoms with van der Waals surface area (Å²) in [6, 6.07) is 18.9. The molecule has 32 heavy (non-hydrogen) atoms. The van der Waals surface area contributed by atoms with Gasteiger partial charge in [0.15, 0.2) is 0 Å². The van der Waals surface area contributed by atoms with Crippen LogP contribution in [0, 0.1) is 6.92 Å². The number of benzene rings is 3. The number of ether oxygens (including phenoxy) is 2. The quantitative estimate of drug-likeness (QED) is 0.414. The summed E-state index contributed by atoms with van der Waals surface area (Å²) in [7, 11) is 0. The maximum Gasteiger partial charge on any atom is 0.255 e. The molecule has 4 nitrogen and oxygen atoms in total. The van der Waals surface area contributed by atoms with Gasteiger partial charge >= 0.3 is 0 Å². The SMILES string of the molecule is CCOc1ccc(C(=O)Nc2ccc(Cl)cc2C)cc1COc1ccc(C(C)(C)C)cc1. The third-order valence-electron chi connectivity index (χ3n) is 5.17. The number of aryl methyl sites for hydroxylation is 1. The first-order valence-corrected chi connectivity index (χ1v) is 11.1. The predicted molar refractivity (Wildman–Crippen MR) is 131 cm³/mol. The number of nitrogens with one attached hydrogen (secondary N) is 1. The minimum absolute atomic E-state index is 0.0881. The minimum atomic E-state index is -0.200. The molecule has 0 aromatic heterocycles. The van der Waals surface area contributed by atoms with E-state index in [9.17, 15) is 4.79 Å². The van der Waals surface area contributed by atoms with Gasteiger partial charge in [-0.05, 0) is 78.9 Å². The van der Waals surface area contributed by atoms with Gasteiger partial charge in [-0.2, -0.15) is 0 Å². The topological polar surface area (TPSA) is 47.6 Å². The molecule has 0 atom stereocenters. The van der Waals surface area contributed by atoms with Crippen molar-refractivity contribution in [2.45, 2.75) is 46.6 Å². The molecule has 0 aliphatic rings. The number of amides is 1. The van der Waals surface area contributed by atoms with Crippen LogP contribution < -0.4 is 14.8 Å². The van der Waals surface area contributed by atoms with Crippen molar-refractivity contribution < 1.29 is 14.3 Å². The third-order valence-corrected chi connectivity index (χ3v) is 5.41. The third kappa shape index (κ3) is 6.04. The number of hydrogen-bond acceptors (Lipinski definition) is 3. The zero-order valence-electron chi connectivity index (χ0n) is 19.3. The highest BCUT2D eigenvalue weighted by Crippen LogP contribution is 2.27. The Morgan fingerprint density at radius 3 is 2.31 bits per heavy atom. The molecular weight excluding hydrogens is 422 g/mol. The Bertz CT molecular complexity index is 1090. The smallest absolute Gasteiger partial charge is 0.255 e. The van der Waals surface area contributed by atoms with Crippen LogP contribution in [-0.2, 0) is 12.0 Å². The first kappa shape index (κ1) is 23.7. The van der Waals surface area contributed by atoms with Crippen molar-refractivity contribution in [2.75, 3.05) is 11.9 Å². The van der Waals surface area contributed by atoms with Crippen molar-refractivity contribution in [2.24, 2.45) is 0 Å². The summed E-state index contributed by atoms with van der Waals surface area (Å²) in [6.07, 6.45) is 0. The summed E-state index contributed by atoms with van der Waals surface area (Å²) in [6.45, 7) is 11.2. The van der Waals surface area contributed by atoms with Crippen LogP contribution in [0.1, 0.15) is 54.7 Å². The van der Waals surface area contributed by atoms with Gasteiger partial charge in [0.25, 0.3) is 5.91 Å². The lowest BCUT2D eigenvalue weighted by Gasteiger charge is -2.19. The van der Waals surface area contributed by atoms with Crippen molar-refractivity contribution in [1.82, 2.24) is 0 Å². The van der Waals surface area contributed by atoms with Crippen LogP contribution in [0.5, 0.6) is 11.5 Å². The molecule has 0 bridgehead atoms. The fraction of sp³-hybridized carbons (Fsp3) is 0.296. The molecule has 3 rings (SSSR count). The second kappa shape index (κ2) is 10.1. The Labute approximate surface area is 195 Å². The maximum atomic E-state index is 12.9.